The molecule has 5 heteroatoms. The largest absolute Gasteiger partial charge is 0.350 e. The number of anilines is 1. The van der Waals surface area contributed by atoms with E-state index in [1.165, 1.54) is 0 Å². The molecule has 0 spiro atoms. The highest BCUT2D eigenvalue weighted by Gasteiger charge is 2.13. The number of likely N-dealkylation sites (N-methyl/N-ethyl adjacent to an activating group) is 2. The van der Waals surface area contributed by atoms with Crippen molar-refractivity contribution in [2.24, 2.45) is 0 Å². The van der Waals surface area contributed by atoms with E-state index in [9.17, 15) is 4.79 Å². The lowest BCUT2D eigenvalue weighted by Crippen LogP contribution is -2.35. The van der Waals surface area contributed by atoms with Gasteiger partial charge in [0.25, 0.3) is 0 Å². The standard InChI is InChI=1S/C16H28N4O/c1-12-8-13(10-18-16(2,3)4)9-17-15(12)20(7)11-14(21)19(5)6/h8-9,18H,10-11H2,1-7H3. The van der Waals surface area contributed by atoms with Gasteiger partial charge in [0.05, 0.1) is 6.54 Å². The average molecular weight is 292 g/mol. The second-order valence-corrected chi connectivity index (χ2v) is 6.73. The molecule has 0 aliphatic carbocycles. The van der Waals surface area contributed by atoms with Crippen molar-refractivity contribution in [3.05, 3.63) is 23.4 Å². The van der Waals surface area contributed by atoms with E-state index in [0.29, 0.717) is 6.54 Å². The predicted molar refractivity (Wildman–Crippen MR) is 87.5 cm³/mol. The lowest BCUT2D eigenvalue weighted by atomic mass is 10.1. The molecule has 0 aliphatic heterocycles. The summed E-state index contributed by atoms with van der Waals surface area (Å²) >= 11 is 0. The fourth-order valence-corrected chi connectivity index (χ4v) is 1.91. The zero-order valence-electron chi connectivity index (χ0n) is 14.3. The molecule has 1 aromatic rings. The van der Waals surface area contributed by atoms with Crippen LogP contribution in [0.15, 0.2) is 12.3 Å². The Bertz CT molecular complexity index is 492. The fraction of sp³-hybridized carbons (Fsp3) is 0.625. The van der Waals surface area contributed by atoms with Crippen molar-refractivity contribution >= 4 is 11.7 Å². The Hall–Kier alpha value is -1.62. The van der Waals surface area contributed by atoms with Gasteiger partial charge < -0.3 is 15.1 Å². The third-order valence-electron chi connectivity index (χ3n) is 3.16. The van der Waals surface area contributed by atoms with E-state index in [-0.39, 0.29) is 11.4 Å². The Morgan fingerprint density at radius 3 is 2.38 bits per heavy atom. The lowest BCUT2D eigenvalue weighted by molar-refractivity contribution is -0.127. The Morgan fingerprint density at radius 1 is 1.29 bits per heavy atom. The first-order chi connectivity index (χ1) is 9.60. The summed E-state index contributed by atoms with van der Waals surface area (Å²) in [6, 6.07) is 2.12. The summed E-state index contributed by atoms with van der Waals surface area (Å²) in [4.78, 5) is 19.7. The third-order valence-corrected chi connectivity index (χ3v) is 3.16. The van der Waals surface area contributed by atoms with Gasteiger partial charge in [0, 0.05) is 39.4 Å². The van der Waals surface area contributed by atoms with E-state index in [4.69, 9.17) is 0 Å². The molecule has 21 heavy (non-hydrogen) atoms. The lowest BCUT2D eigenvalue weighted by Gasteiger charge is -2.23. The number of hydrogen-bond acceptors (Lipinski definition) is 4. The van der Waals surface area contributed by atoms with E-state index < -0.39 is 0 Å². The smallest absolute Gasteiger partial charge is 0.241 e. The van der Waals surface area contributed by atoms with Crippen LogP contribution in [-0.4, -0.2) is 49.0 Å². The molecule has 1 heterocycles. The van der Waals surface area contributed by atoms with Crippen LogP contribution in [0, 0.1) is 6.92 Å². The summed E-state index contributed by atoms with van der Waals surface area (Å²) in [5.74, 6) is 0.918. The molecule has 0 radical (unpaired) electrons. The SMILES string of the molecule is Cc1cc(CNC(C)(C)C)cnc1N(C)CC(=O)N(C)C. The van der Waals surface area contributed by atoms with E-state index in [1.807, 2.05) is 25.1 Å². The van der Waals surface area contributed by atoms with Crippen molar-refractivity contribution in [3.8, 4) is 0 Å². The molecule has 0 aliphatic rings. The molecule has 1 aromatic heterocycles. The summed E-state index contributed by atoms with van der Waals surface area (Å²) in [6.45, 7) is 9.57. The third kappa shape index (κ3) is 5.71. The van der Waals surface area contributed by atoms with Crippen LogP contribution in [0.3, 0.4) is 0 Å². The maximum absolute atomic E-state index is 11.8. The molecule has 1 rings (SSSR count). The molecular formula is C16H28N4O. The molecule has 0 aromatic carbocycles. The number of nitrogens with one attached hydrogen (secondary N) is 1. The van der Waals surface area contributed by atoms with Crippen molar-refractivity contribution in [1.82, 2.24) is 15.2 Å². The Labute approximate surface area is 128 Å². The van der Waals surface area contributed by atoms with Gasteiger partial charge in [-0.3, -0.25) is 4.79 Å². The van der Waals surface area contributed by atoms with Crippen molar-refractivity contribution in [2.45, 2.75) is 39.8 Å². The van der Waals surface area contributed by atoms with Gasteiger partial charge in [-0.15, -0.1) is 0 Å². The fourth-order valence-electron chi connectivity index (χ4n) is 1.91. The first kappa shape index (κ1) is 17.4. The van der Waals surface area contributed by atoms with Gasteiger partial charge in [0.2, 0.25) is 5.91 Å². The summed E-state index contributed by atoms with van der Waals surface area (Å²) in [6.07, 6.45) is 1.87. The minimum atomic E-state index is 0.0668. The zero-order valence-corrected chi connectivity index (χ0v) is 14.3. The maximum Gasteiger partial charge on any atom is 0.241 e. The number of carbonyl (C=O) groups is 1. The average Bonchev–Trinajstić information content (AvgIpc) is 2.35. The van der Waals surface area contributed by atoms with Crippen molar-refractivity contribution in [2.75, 3.05) is 32.6 Å². The molecule has 0 bridgehead atoms. The first-order valence-corrected chi connectivity index (χ1v) is 7.22. The highest BCUT2D eigenvalue weighted by Crippen LogP contribution is 2.17. The monoisotopic (exact) mass is 292 g/mol. The summed E-state index contributed by atoms with van der Waals surface area (Å²) in [7, 11) is 5.42. The minimum absolute atomic E-state index is 0.0668. The number of rotatable bonds is 5. The molecule has 1 amide bonds. The topological polar surface area (TPSA) is 48.5 Å². The van der Waals surface area contributed by atoms with Crippen molar-refractivity contribution in [1.29, 1.82) is 0 Å². The van der Waals surface area contributed by atoms with Crippen molar-refractivity contribution < 1.29 is 4.79 Å². The van der Waals surface area contributed by atoms with Crippen molar-refractivity contribution in [3.63, 3.8) is 0 Å². The Balaban J connectivity index is 2.76. The van der Waals surface area contributed by atoms with Crippen LogP contribution in [0.25, 0.3) is 0 Å². The Kier molecular flexibility index (Phi) is 5.72. The number of nitrogens with zero attached hydrogens (tertiary/aromatic N) is 3. The second-order valence-electron chi connectivity index (χ2n) is 6.73. The quantitative estimate of drug-likeness (QED) is 0.899. The molecule has 0 unspecified atom stereocenters. The molecule has 1 N–H and O–H groups in total. The van der Waals surface area contributed by atoms with E-state index >= 15 is 0 Å². The molecule has 118 valence electrons. The van der Waals surface area contributed by atoms with Gasteiger partial charge in [-0.1, -0.05) is 0 Å². The number of carbonyl (C=O) groups excluding carboxylic acids is 1. The van der Waals surface area contributed by atoms with Gasteiger partial charge in [-0.2, -0.15) is 0 Å². The normalized spacial score (nSPS) is 11.4. The van der Waals surface area contributed by atoms with E-state index in [1.54, 1.807) is 19.0 Å². The van der Waals surface area contributed by atoms with Crippen LogP contribution in [0.1, 0.15) is 31.9 Å². The molecule has 0 fully saturated rings. The van der Waals surface area contributed by atoms with E-state index in [0.717, 1.165) is 23.5 Å². The summed E-state index contributed by atoms with van der Waals surface area (Å²) in [5, 5.41) is 3.45. The second kappa shape index (κ2) is 6.89. The maximum atomic E-state index is 11.8. The zero-order chi connectivity index (χ0) is 16.2. The highest BCUT2D eigenvalue weighted by molar-refractivity contribution is 5.80. The summed E-state index contributed by atoms with van der Waals surface area (Å²) < 4.78 is 0. The molecule has 0 atom stereocenters. The molecule has 0 saturated heterocycles. The van der Waals surface area contributed by atoms with Crippen LogP contribution in [0.2, 0.25) is 0 Å². The van der Waals surface area contributed by atoms with Crippen LogP contribution < -0.4 is 10.2 Å². The van der Waals surface area contributed by atoms with Crippen LogP contribution in [-0.2, 0) is 11.3 Å². The Morgan fingerprint density at radius 2 is 1.90 bits per heavy atom. The number of aromatic nitrogens is 1. The van der Waals surface area contributed by atoms with Gasteiger partial charge in [-0.05, 0) is 44.9 Å². The van der Waals surface area contributed by atoms with Gasteiger partial charge in [0.1, 0.15) is 5.82 Å². The number of aryl methyl sites for hydroxylation is 1. The number of hydrogen-bond donors (Lipinski definition) is 1. The number of pyridine rings is 1. The first-order valence-electron chi connectivity index (χ1n) is 7.22. The summed E-state index contributed by atoms with van der Waals surface area (Å²) in [5.41, 5.74) is 2.32. The van der Waals surface area contributed by atoms with Crippen LogP contribution >= 0.6 is 0 Å². The van der Waals surface area contributed by atoms with E-state index in [2.05, 4.69) is 37.1 Å². The van der Waals surface area contributed by atoms with Gasteiger partial charge >= 0.3 is 0 Å². The molecular weight excluding hydrogens is 264 g/mol. The highest BCUT2D eigenvalue weighted by atomic mass is 16.2. The number of amides is 1. The molecule has 0 saturated carbocycles. The van der Waals surface area contributed by atoms with Crippen LogP contribution in [0.5, 0.6) is 0 Å². The minimum Gasteiger partial charge on any atom is -0.350 e. The van der Waals surface area contributed by atoms with Crippen LogP contribution in [0.4, 0.5) is 5.82 Å². The molecule has 5 nitrogen and oxygen atoms in total. The predicted octanol–water partition coefficient (Wildman–Crippen LogP) is 1.80. The van der Waals surface area contributed by atoms with Gasteiger partial charge in [0.15, 0.2) is 0 Å². The van der Waals surface area contributed by atoms with Gasteiger partial charge in [-0.25, -0.2) is 4.98 Å².